The van der Waals surface area contributed by atoms with Crippen LogP contribution in [0.5, 0.6) is 5.75 Å². The summed E-state index contributed by atoms with van der Waals surface area (Å²) >= 11 is 3.27. The van der Waals surface area contributed by atoms with Gasteiger partial charge in [-0.15, -0.1) is 0 Å². The number of nitrogens with two attached hydrogens (primary N) is 1. The van der Waals surface area contributed by atoms with Crippen LogP contribution >= 0.6 is 15.9 Å². The number of aromatic hydroxyl groups is 1. The minimum atomic E-state index is -0.680. The average Bonchev–Trinajstić information content (AvgIpc) is 2.08. The number of hydrogen-bond donors (Lipinski definition) is 3. The summed E-state index contributed by atoms with van der Waals surface area (Å²) < 4.78 is 0.830. The summed E-state index contributed by atoms with van der Waals surface area (Å²) in [5, 5.41) is 18.7. The third-order valence-corrected chi connectivity index (χ3v) is 2.36. The zero-order valence-electron chi connectivity index (χ0n) is 7.24. The molecule has 72 valence electrons. The number of benzene rings is 1. The highest BCUT2D eigenvalue weighted by molar-refractivity contribution is 9.10. The number of aliphatic hydroxyl groups excluding tert-OH is 1. The van der Waals surface area contributed by atoms with Crippen LogP contribution in [0.2, 0.25) is 0 Å². The minimum Gasteiger partial charge on any atom is -0.508 e. The lowest BCUT2D eigenvalue weighted by atomic mass is 10.0. The maximum atomic E-state index is 9.44. The zero-order chi connectivity index (χ0) is 10.0. The van der Waals surface area contributed by atoms with Crippen LogP contribution in [0.15, 0.2) is 22.7 Å². The van der Waals surface area contributed by atoms with Gasteiger partial charge in [-0.25, -0.2) is 0 Å². The average molecular weight is 246 g/mol. The second-order valence-electron chi connectivity index (χ2n) is 2.97. The van der Waals surface area contributed by atoms with E-state index in [2.05, 4.69) is 15.9 Å². The van der Waals surface area contributed by atoms with Gasteiger partial charge in [0.25, 0.3) is 0 Å². The molecule has 13 heavy (non-hydrogen) atoms. The summed E-state index contributed by atoms with van der Waals surface area (Å²) in [7, 11) is 0. The third-order valence-electron chi connectivity index (χ3n) is 1.87. The predicted octanol–water partition coefficient (Wildman–Crippen LogP) is 1.54. The van der Waals surface area contributed by atoms with E-state index in [4.69, 9.17) is 5.73 Å². The molecule has 2 atom stereocenters. The maximum Gasteiger partial charge on any atom is 0.120 e. The van der Waals surface area contributed by atoms with E-state index in [1.165, 1.54) is 0 Å². The van der Waals surface area contributed by atoms with Crippen LogP contribution in [-0.2, 0) is 0 Å². The maximum absolute atomic E-state index is 9.44. The molecule has 0 aliphatic rings. The number of aliphatic hydroxyl groups is 1. The Labute approximate surface area is 85.3 Å². The largest absolute Gasteiger partial charge is 0.508 e. The Bertz CT molecular complexity index is 302. The van der Waals surface area contributed by atoms with Crippen molar-refractivity contribution in [2.45, 2.75) is 19.1 Å². The van der Waals surface area contributed by atoms with Gasteiger partial charge in [-0.05, 0) is 25.1 Å². The van der Waals surface area contributed by atoms with Crippen LogP contribution in [0.1, 0.15) is 18.5 Å². The van der Waals surface area contributed by atoms with Crippen molar-refractivity contribution in [3.05, 3.63) is 28.2 Å². The van der Waals surface area contributed by atoms with Crippen LogP contribution in [-0.4, -0.2) is 16.3 Å². The highest BCUT2D eigenvalue weighted by atomic mass is 79.9. The van der Waals surface area contributed by atoms with Gasteiger partial charge in [-0.1, -0.05) is 15.9 Å². The quantitative estimate of drug-likeness (QED) is 0.741. The molecule has 0 aliphatic carbocycles. The molecule has 4 N–H and O–H groups in total. The smallest absolute Gasteiger partial charge is 0.120 e. The molecule has 0 bridgehead atoms. The zero-order valence-corrected chi connectivity index (χ0v) is 8.82. The van der Waals surface area contributed by atoms with Crippen molar-refractivity contribution in [1.29, 1.82) is 0 Å². The van der Waals surface area contributed by atoms with Crippen LogP contribution in [0.3, 0.4) is 0 Å². The number of rotatable bonds is 2. The van der Waals surface area contributed by atoms with Gasteiger partial charge in [0.1, 0.15) is 5.75 Å². The molecule has 1 rings (SSSR count). The number of phenols is 1. The Kier molecular flexibility index (Phi) is 3.30. The van der Waals surface area contributed by atoms with Crippen LogP contribution in [0.4, 0.5) is 0 Å². The molecule has 0 saturated heterocycles. The van der Waals surface area contributed by atoms with E-state index in [0.29, 0.717) is 5.56 Å². The van der Waals surface area contributed by atoms with E-state index >= 15 is 0 Å². The number of halogens is 1. The Balaban J connectivity index is 3.05. The Morgan fingerprint density at radius 3 is 2.62 bits per heavy atom. The standard InChI is InChI=1S/C9H12BrNO2/c1-5(12)9(11)7-4-6(10)2-3-8(7)13/h2-5,9,12-13H,11H2,1H3/t5-,9+/m0/s1. The SMILES string of the molecule is C[C@H](O)[C@@H](N)c1cc(Br)ccc1O. The molecule has 0 aliphatic heterocycles. The molecular weight excluding hydrogens is 234 g/mol. The van der Waals surface area contributed by atoms with Crippen LogP contribution in [0.25, 0.3) is 0 Å². The fourth-order valence-corrected chi connectivity index (χ4v) is 1.43. The molecule has 0 spiro atoms. The summed E-state index contributed by atoms with van der Waals surface area (Å²) in [6, 6.07) is 4.40. The van der Waals surface area contributed by atoms with Crippen LogP contribution < -0.4 is 5.73 Å². The van der Waals surface area contributed by atoms with E-state index in [-0.39, 0.29) is 5.75 Å². The summed E-state index contributed by atoms with van der Waals surface area (Å²) in [5.74, 6) is 0.108. The first-order valence-electron chi connectivity index (χ1n) is 3.94. The first kappa shape index (κ1) is 10.5. The predicted molar refractivity (Wildman–Crippen MR) is 54.4 cm³/mol. The topological polar surface area (TPSA) is 66.5 Å². The molecule has 0 heterocycles. The molecule has 0 unspecified atom stereocenters. The molecule has 1 aromatic carbocycles. The first-order valence-corrected chi connectivity index (χ1v) is 4.73. The van der Waals surface area contributed by atoms with E-state index < -0.39 is 12.1 Å². The molecular formula is C9H12BrNO2. The second kappa shape index (κ2) is 4.09. The van der Waals surface area contributed by atoms with Gasteiger partial charge < -0.3 is 15.9 Å². The molecule has 0 saturated carbocycles. The normalized spacial score (nSPS) is 15.4. The van der Waals surface area contributed by atoms with Gasteiger partial charge in [0.2, 0.25) is 0 Å². The summed E-state index contributed by atoms with van der Waals surface area (Å²) in [4.78, 5) is 0. The minimum absolute atomic E-state index is 0.108. The molecule has 0 amide bonds. The van der Waals surface area contributed by atoms with Gasteiger partial charge in [-0.3, -0.25) is 0 Å². The Hall–Kier alpha value is -0.580. The first-order chi connectivity index (χ1) is 6.02. The van der Waals surface area contributed by atoms with Gasteiger partial charge in [-0.2, -0.15) is 0 Å². The van der Waals surface area contributed by atoms with Crippen molar-refractivity contribution in [3.8, 4) is 5.75 Å². The van der Waals surface area contributed by atoms with E-state index in [9.17, 15) is 10.2 Å². The lowest BCUT2D eigenvalue weighted by molar-refractivity contribution is 0.163. The summed E-state index contributed by atoms with van der Waals surface area (Å²) in [6.45, 7) is 1.59. The van der Waals surface area contributed by atoms with Gasteiger partial charge in [0.05, 0.1) is 12.1 Å². The van der Waals surface area contributed by atoms with Crippen molar-refractivity contribution in [1.82, 2.24) is 0 Å². The molecule has 0 fully saturated rings. The molecule has 1 aromatic rings. The van der Waals surface area contributed by atoms with Crippen molar-refractivity contribution >= 4 is 15.9 Å². The third kappa shape index (κ3) is 2.43. The molecule has 3 nitrogen and oxygen atoms in total. The van der Waals surface area contributed by atoms with Crippen LogP contribution in [0, 0.1) is 0 Å². The van der Waals surface area contributed by atoms with Crippen molar-refractivity contribution in [3.63, 3.8) is 0 Å². The molecule has 0 radical (unpaired) electrons. The fourth-order valence-electron chi connectivity index (χ4n) is 1.05. The van der Waals surface area contributed by atoms with Gasteiger partial charge in [0, 0.05) is 10.0 Å². The van der Waals surface area contributed by atoms with Gasteiger partial charge >= 0.3 is 0 Å². The van der Waals surface area contributed by atoms with E-state index in [0.717, 1.165) is 4.47 Å². The lowest BCUT2D eigenvalue weighted by Gasteiger charge is -2.16. The highest BCUT2D eigenvalue weighted by Crippen LogP contribution is 2.27. The van der Waals surface area contributed by atoms with E-state index in [1.54, 1.807) is 25.1 Å². The van der Waals surface area contributed by atoms with Crippen molar-refractivity contribution < 1.29 is 10.2 Å². The van der Waals surface area contributed by atoms with Gasteiger partial charge in [0.15, 0.2) is 0 Å². The highest BCUT2D eigenvalue weighted by Gasteiger charge is 2.15. The fraction of sp³-hybridized carbons (Fsp3) is 0.333. The number of hydrogen-bond acceptors (Lipinski definition) is 3. The second-order valence-corrected chi connectivity index (χ2v) is 3.89. The number of phenolic OH excluding ortho intramolecular Hbond substituents is 1. The lowest BCUT2D eigenvalue weighted by Crippen LogP contribution is -2.23. The summed E-state index contributed by atoms with van der Waals surface area (Å²) in [5.41, 5.74) is 6.22. The Morgan fingerprint density at radius 1 is 1.46 bits per heavy atom. The van der Waals surface area contributed by atoms with Crippen molar-refractivity contribution in [2.75, 3.05) is 0 Å². The molecule has 0 aromatic heterocycles. The Morgan fingerprint density at radius 2 is 2.08 bits per heavy atom. The molecule has 4 heteroatoms. The van der Waals surface area contributed by atoms with E-state index in [1.807, 2.05) is 0 Å². The monoisotopic (exact) mass is 245 g/mol. The van der Waals surface area contributed by atoms with Crippen molar-refractivity contribution in [2.24, 2.45) is 5.73 Å². The summed E-state index contributed by atoms with van der Waals surface area (Å²) in [6.07, 6.45) is -0.680.